The van der Waals surface area contributed by atoms with Gasteiger partial charge in [-0.25, -0.2) is 4.98 Å². The molecule has 0 atom stereocenters. The quantitative estimate of drug-likeness (QED) is 0.638. The molecule has 154 valence electrons. The Hall–Kier alpha value is -3.26. The molecular weight excluding hydrogens is 404 g/mol. The minimum atomic E-state index is -0.541. The SMILES string of the molecule is COc1ccc(OC)c(-c2csc(NC(=O)C3(c4ccc5c(c4)OCO5)CC3)n2)c1. The highest BCUT2D eigenvalue weighted by Gasteiger charge is 2.52. The highest BCUT2D eigenvalue weighted by Crippen LogP contribution is 2.51. The van der Waals surface area contributed by atoms with Crippen LogP contribution in [-0.2, 0) is 10.2 Å². The van der Waals surface area contributed by atoms with Crippen molar-refractivity contribution in [3.63, 3.8) is 0 Å². The molecule has 1 fully saturated rings. The number of thiazole rings is 1. The molecule has 3 aromatic rings. The normalized spacial score (nSPS) is 15.5. The van der Waals surface area contributed by atoms with E-state index < -0.39 is 5.41 Å². The Morgan fingerprint density at radius 3 is 2.70 bits per heavy atom. The van der Waals surface area contributed by atoms with Gasteiger partial charge in [-0.3, -0.25) is 4.79 Å². The second kappa shape index (κ2) is 7.21. The maximum atomic E-state index is 13.1. The highest BCUT2D eigenvalue weighted by atomic mass is 32.1. The third-order valence-corrected chi connectivity index (χ3v) is 6.27. The number of carbonyl (C=O) groups excluding carboxylic acids is 1. The van der Waals surface area contributed by atoms with Gasteiger partial charge in [0.1, 0.15) is 11.5 Å². The van der Waals surface area contributed by atoms with Crippen LogP contribution in [0.5, 0.6) is 23.0 Å². The first-order valence-electron chi connectivity index (χ1n) is 9.52. The Morgan fingerprint density at radius 1 is 1.10 bits per heavy atom. The van der Waals surface area contributed by atoms with Gasteiger partial charge in [-0.2, -0.15) is 0 Å². The Morgan fingerprint density at radius 2 is 1.93 bits per heavy atom. The molecular formula is C22H20N2O5S. The second-order valence-electron chi connectivity index (χ2n) is 7.21. The fourth-order valence-electron chi connectivity index (χ4n) is 3.65. The fraction of sp³-hybridized carbons (Fsp3) is 0.273. The first-order chi connectivity index (χ1) is 14.6. The number of rotatable bonds is 6. The van der Waals surface area contributed by atoms with Gasteiger partial charge < -0.3 is 24.3 Å². The van der Waals surface area contributed by atoms with E-state index in [2.05, 4.69) is 10.3 Å². The Bertz CT molecular complexity index is 1120. The van der Waals surface area contributed by atoms with Crippen LogP contribution in [0.15, 0.2) is 41.8 Å². The summed E-state index contributed by atoms with van der Waals surface area (Å²) in [5.74, 6) is 2.75. The number of hydrogen-bond donors (Lipinski definition) is 1. The van der Waals surface area contributed by atoms with Gasteiger partial charge in [0, 0.05) is 10.9 Å². The predicted octanol–water partition coefficient (Wildman–Crippen LogP) is 4.23. The summed E-state index contributed by atoms with van der Waals surface area (Å²) >= 11 is 1.38. The van der Waals surface area contributed by atoms with E-state index in [4.69, 9.17) is 18.9 Å². The zero-order valence-electron chi connectivity index (χ0n) is 16.6. The first kappa shape index (κ1) is 18.7. The summed E-state index contributed by atoms with van der Waals surface area (Å²) in [5, 5.41) is 5.44. The number of hydrogen-bond acceptors (Lipinski definition) is 7. The molecule has 30 heavy (non-hydrogen) atoms. The average Bonchev–Trinajstić information content (AvgIpc) is 3.23. The van der Waals surface area contributed by atoms with Crippen molar-refractivity contribution in [2.75, 3.05) is 26.3 Å². The Balaban J connectivity index is 1.37. The number of amides is 1. The van der Waals surface area contributed by atoms with Crippen molar-refractivity contribution >= 4 is 22.4 Å². The third kappa shape index (κ3) is 3.13. The molecule has 5 rings (SSSR count). The molecule has 0 radical (unpaired) electrons. The van der Waals surface area contributed by atoms with E-state index >= 15 is 0 Å². The van der Waals surface area contributed by atoms with E-state index in [0.29, 0.717) is 28.1 Å². The summed E-state index contributed by atoms with van der Waals surface area (Å²) in [7, 11) is 3.23. The standard InChI is InChI=1S/C22H20N2O5S/c1-26-14-4-6-17(27-2)15(10-14)16-11-30-21(23-16)24-20(25)22(7-8-22)13-3-5-18-19(9-13)29-12-28-18/h3-6,9-11H,7-8,12H2,1-2H3,(H,23,24,25). The number of methoxy groups -OCH3 is 2. The van der Waals surface area contributed by atoms with Crippen LogP contribution in [0.25, 0.3) is 11.3 Å². The molecule has 8 heteroatoms. The number of anilines is 1. The number of ether oxygens (including phenoxy) is 4. The number of benzene rings is 2. The van der Waals surface area contributed by atoms with Gasteiger partial charge in [0.05, 0.1) is 25.3 Å². The van der Waals surface area contributed by atoms with E-state index in [0.717, 1.165) is 29.7 Å². The van der Waals surface area contributed by atoms with Gasteiger partial charge in [-0.1, -0.05) is 6.07 Å². The first-order valence-corrected chi connectivity index (χ1v) is 10.4. The zero-order chi connectivity index (χ0) is 20.7. The smallest absolute Gasteiger partial charge is 0.236 e. The molecule has 1 aromatic heterocycles. The predicted molar refractivity (Wildman–Crippen MR) is 113 cm³/mol. The third-order valence-electron chi connectivity index (χ3n) is 5.52. The lowest BCUT2D eigenvalue weighted by molar-refractivity contribution is -0.118. The molecule has 1 aliphatic heterocycles. The lowest BCUT2D eigenvalue weighted by atomic mass is 9.94. The van der Waals surface area contributed by atoms with Gasteiger partial charge >= 0.3 is 0 Å². The van der Waals surface area contributed by atoms with Crippen LogP contribution in [0, 0.1) is 0 Å². The maximum absolute atomic E-state index is 13.1. The van der Waals surface area contributed by atoms with E-state index in [1.807, 2.05) is 41.8 Å². The minimum Gasteiger partial charge on any atom is -0.497 e. The number of nitrogens with one attached hydrogen (secondary N) is 1. The molecule has 0 spiro atoms. The van der Waals surface area contributed by atoms with E-state index in [-0.39, 0.29) is 12.7 Å². The topological polar surface area (TPSA) is 78.9 Å². The fourth-order valence-corrected chi connectivity index (χ4v) is 4.36. The molecule has 0 unspecified atom stereocenters. The van der Waals surface area contributed by atoms with Crippen LogP contribution in [0.3, 0.4) is 0 Å². The molecule has 2 aromatic carbocycles. The minimum absolute atomic E-state index is 0.0557. The van der Waals surface area contributed by atoms with Crippen molar-refractivity contribution < 1.29 is 23.7 Å². The molecule has 2 heterocycles. The van der Waals surface area contributed by atoms with Gasteiger partial charge in [0.25, 0.3) is 0 Å². The van der Waals surface area contributed by atoms with Gasteiger partial charge in [-0.05, 0) is 48.7 Å². The molecule has 2 aliphatic rings. The molecule has 0 saturated heterocycles. The molecule has 1 aliphatic carbocycles. The van der Waals surface area contributed by atoms with Crippen molar-refractivity contribution in [1.29, 1.82) is 0 Å². The highest BCUT2D eigenvalue weighted by molar-refractivity contribution is 7.14. The number of carbonyl (C=O) groups is 1. The van der Waals surface area contributed by atoms with Crippen molar-refractivity contribution in [2.24, 2.45) is 0 Å². The average molecular weight is 424 g/mol. The van der Waals surface area contributed by atoms with Crippen LogP contribution in [0.4, 0.5) is 5.13 Å². The van der Waals surface area contributed by atoms with E-state index in [1.165, 1.54) is 11.3 Å². The summed E-state index contributed by atoms with van der Waals surface area (Å²) in [6.07, 6.45) is 1.58. The van der Waals surface area contributed by atoms with Crippen molar-refractivity contribution in [2.45, 2.75) is 18.3 Å². The summed E-state index contributed by atoms with van der Waals surface area (Å²) in [4.78, 5) is 17.7. The van der Waals surface area contributed by atoms with Crippen molar-refractivity contribution in [3.8, 4) is 34.3 Å². The zero-order valence-corrected chi connectivity index (χ0v) is 17.4. The van der Waals surface area contributed by atoms with Gasteiger partial charge in [0.15, 0.2) is 16.6 Å². The molecule has 0 bridgehead atoms. The number of nitrogens with zero attached hydrogens (tertiary/aromatic N) is 1. The molecule has 1 amide bonds. The van der Waals surface area contributed by atoms with Crippen LogP contribution in [0.2, 0.25) is 0 Å². The van der Waals surface area contributed by atoms with Crippen LogP contribution in [0.1, 0.15) is 18.4 Å². The van der Waals surface area contributed by atoms with Crippen LogP contribution < -0.4 is 24.3 Å². The summed E-state index contributed by atoms with van der Waals surface area (Å²) in [6, 6.07) is 11.2. The largest absolute Gasteiger partial charge is 0.497 e. The van der Waals surface area contributed by atoms with Crippen LogP contribution >= 0.6 is 11.3 Å². The number of aromatic nitrogens is 1. The van der Waals surface area contributed by atoms with Crippen LogP contribution in [-0.4, -0.2) is 31.9 Å². The molecule has 1 N–H and O–H groups in total. The van der Waals surface area contributed by atoms with E-state index in [9.17, 15) is 4.79 Å². The monoisotopic (exact) mass is 424 g/mol. The second-order valence-corrected chi connectivity index (χ2v) is 8.07. The summed E-state index contributed by atoms with van der Waals surface area (Å²) in [6.45, 7) is 0.216. The summed E-state index contributed by atoms with van der Waals surface area (Å²) in [5.41, 5.74) is 1.93. The lowest BCUT2D eigenvalue weighted by Gasteiger charge is -2.15. The lowest BCUT2D eigenvalue weighted by Crippen LogP contribution is -2.27. The number of fused-ring (bicyclic) bond motifs is 1. The summed E-state index contributed by atoms with van der Waals surface area (Å²) < 4.78 is 21.6. The van der Waals surface area contributed by atoms with Crippen molar-refractivity contribution in [1.82, 2.24) is 4.98 Å². The Labute approximate surface area is 177 Å². The molecule has 7 nitrogen and oxygen atoms in total. The van der Waals surface area contributed by atoms with Gasteiger partial charge in [-0.15, -0.1) is 11.3 Å². The van der Waals surface area contributed by atoms with Crippen molar-refractivity contribution in [3.05, 3.63) is 47.3 Å². The van der Waals surface area contributed by atoms with Gasteiger partial charge in [0.2, 0.25) is 12.7 Å². The van der Waals surface area contributed by atoms with E-state index in [1.54, 1.807) is 14.2 Å². The Kier molecular flexibility index (Phi) is 4.51. The molecule has 1 saturated carbocycles. The maximum Gasteiger partial charge on any atom is 0.236 e.